The minimum atomic E-state index is 0.150. The summed E-state index contributed by atoms with van der Waals surface area (Å²) >= 11 is 0. The average molecular weight is 239 g/mol. The van der Waals surface area contributed by atoms with Gasteiger partial charge in [0.1, 0.15) is 0 Å². The predicted molar refractivity (Wildman–Crippen MR) is 74.8 cm³/mol. The van der Waals surface area contributed by atoms with Gasteiger partial charge in [0.25, 0.3) is 0 Å². The fourth-order valence-electron chi connectivity index (χ4n) is 2.04. The van der Waals surface area contributed by atoms with Crippen LogP contribution in [0, 0.1) is 13.8 Å². The molecule has 0 aliphatic heterocycles. The van der Waals surface area contributed by atoms with Gasteiger partial charge >= 0.3 is 0 Å². The van der Waals surface area contributed by atoms with Gasteiger partial charge in [-0.25, -0.2) is 0 Å². The molecule has 0 radical (unpaired) electrons. The average Bonchev–Trinajstić information content (AvgIpc) is 2.32. The van der Waals surface area contributed by atoms with E-state index in [2.05, 4.69) is 0 Å². The van der Waals surface area contributed by atoms with Crippen LogP contribution in [0.15, 0.2) is 42.5 Å². The zero-order valence-electron chi connectivity index (χ0n) is 10.7. The molecular weight excluding hydrogens is 222 g/mol. The van der Waals surface area contributed by atoms with E-state index in [1.807, 2.05) is 56.3 Å². The molecule has 0 aromatic heterocycles. The summed E-state index contributed by atoms with van der Waals surface area (Å²) in [6.07, 6.45) is 0.421. The van der Waals surface area contributed by atoms with Crippen LogP contribution in [0.1, 0.15) is 27.0 Å². The molecule has 92 valence electrons. The van der Waals surface area contributed by atoms with Crippen LogP contribution in [0.2, 0.25) is 0 Å². The molecule has 2 heteroatoms. The summed E-state index contributed by atoms with van der Waals surface area (Å²) in [6, 6.07) is 13.4. The summed E-state index contributed by atoms with van der Waals surface area (Å²) in [5, 5.41) is 0. The van der Waals surface area contributed by atoms with E-state index in [0.29, 0.717) is 6.42 Å². The Morgan fingerprint density at radius 2 is 1.72 bits per heavy atom. The van der Waals surface area contributed by atoms with Gasteiger partial charge < -0.3 is 5.73 Å². The lowest BCUT2D eigenvalue weighted by molar-refractivity contribution is 0.0992. The SMILES string of the molecule is Cc1ccc(C(=O)Cc2ccc(N)cc2)c(C)c1. The minimum absolute atomic E-state index is 0.150. The molecule has 0 saturated carbocycles. The zero-order valence-corrected chi connectivity index (χ0v) is 10.7. The molecule has 2 rings (SSSR count). The van der Waals surface area contributed by atoms with Crippen molar-refractivity contribution in [3.63, 3.8) is 0 Å². The number of hydrogen-bond donors (Lipinski definition) is 1. The molecule has 0 heterocycles. The van der Waals surface area contributed by atoms with Crippen molar-refractivity contribution in [1.29, 1.82) is 0 Å². The van der Waals surface area contributed by atoms with Crippen molar-refractivity contribution in [3.8, 4) is 0 Å². The zero-order chi connectivity index (χ0) is 13.1. The van der Waals surface area contributed by atoms with Gasteiger partial charge in [-0.05, 0) is 37.1 Å². The van der Waals surface area contributed by atoms with E-state index in [0.717, 1.165) is 22.4 Å². The maximum absolute atomic E-state index is 12.2. The summed E-state index contributed by atoms with van der Waals surface area (Å²) in [7, 11) is 0. The van der Waals surface area contributed by atoms with Crippen LogP contribution < -0.4 is 5.73 Å². The molecule has 0 fully saturated rings. The molecule has 2 aromatic carbocycles. The Hall–Kier alpha value is -2.09. The molecule has 2 aromatic rings. The van der Waals surface area contributed by atoms with Crippen LogP contribution in [0.25, 0.3) is 0 Å². The second-order valence-electron chi connectivity index (χ2n) is 4.66. The van der Waals surface area contributed by atoms with E-state index >= 15 is 0 Å². The molecule has 2 N–H and O–H groups in total. The quantitative estimate of drug-likeness (QED) is 0.659. The normalized spacial score (nSPS) is 10.3. The Morgan fingerprint density at radius 1 is 1.06 bits per heavy atom. The number of aryl methyl sites for hydroxylation is 2. The lowest BCUT2D eigenvalue weighted by atomic mass is 9.98. The predicted octanol–water partition coefficient (Wildman–Crippen LogP) is 3.31. The first-order chi connectivity index (χ1) is 8.56. The van der Waals surface area contributed by atoms with Crippen molar-refractivity contribution < 1.29 is 4.79 Å². The number of benzene rings is 2. The largest absolute Gasteiger partial charge is 0.399 e. The monoisotopic (exact) mass is 239 g/mol. The molecule has 0 atom stereocenters. The van der Waals surface area contributed by atoms with E-state index in [1.54, 1.807) is 0 Å². The molecule has 18 heavy (non-hydrogen) atoms. The number of hydrogen-bond acceptors (Lipinski definition) is 2. The van der Waals surface area contributed by atoms with Gasteiger partial charge in [0.05, 0.1) is 0 Å². The van der Waals surface area contributed by atoms with Gasteiger partial charge in [0.2, 0.25) is 0 Å². The highest BCUT2D eigenvalue weighted by Crippen LogP contribution is 2.14. The molecule has 2 nitrogen and oxygen atoms in total. The van der Waals surface area contributed by atoms with Gasteiger partial charge in [0.15, 0.2) is 5.78 Å². The first-order valence-corrected chi connectivity index (χ1v) is 6.01. The van der Waals surface area contributed by atoms with Crippen molar-refractivity contribution in [3.05, 3.63) is 64.7 Å². The Kier molecular flexibility index (Phi) is 3.47. The van der Waals surface area contributed by atoms with E-state index in [-0.39, 0.29) is 5.78 Å². The molecule has 0 saturated heterocycles. The van der Waals surface area contributed by atoms with E-state index in [1.165, 1.54) is 5.56 Å². The number of carbonyl (C=O) groups is 1. The van der Waals surface area contributed by atoms with Crippen LogP contribution in [0.4, 0.5) is 5.69 Å². The number of carbonyl (C=O) groups excluding carboxylic acids is 1. The van der Waals surface area contributed by atoms with E-state index in [9.17, 15) is 4.79 Å². The Balaban J connectivity index is 2.19. The first kappa shape index (κ1) is 12.4. The third-order valence-corrected chi connectivity index (χ3v) is 3.03. The summed E-state index contributed by atoms with van der Waals surface area (Å²) in [6.45, 7) is 4.00. The number of rotatable bonds is 3. The number of Topliss-reactive ketones (excluding diaryl/α,β-unsaturated/α-hetero) is 1. The molecular formula is C16H17NO. The Bertz CT molecular complexity index is 570. The summed E-state index contributed by atoms with van der Waals surface area (Å²) in [4.78, 5) is 12.2. The van der Waals surface area contributed by atoms with Gasteiger partial charge in [-0.3, -0.25) is 4.79 Å². The molecule has 0 spiro atoms. The number of nitrogen functional groups attached to an aromatic ring is 1. The maximum atomic E-state index is 12.2. The number of ketones is 1. The topological polar surface area (TPSA) is 43.1 Å². The lowest BCUT2D eigenvalue weighted by Crippen LogP contribution is -2.05. The third kappa shape index (κ3) is 2.77. The fourth-order valence-corrected chi connectivity index (χ4v) is 2.04. The van der Waals surface area contributed by atoms with Crippen LogP contribution in [-0.4, -0.2) is 5.78 Å². The van der Waals surface area contributed by atoms with Crippen LogP contribution in [0.5, 0.6) is 0 Å². The van der Waals surface area contributed by atoms with E-state index < -0.39 is 0 Å². The highest BCUT2D eigenvalue weighted by molar-refractivity contribution is 5.98. The lowest BCUT2D eigenvalue weighted by Gasteiger charge is -2.06. The van der Waals surface area contributed by atoms with Crippen molar-refractivity contribution in [2.45, 2.75) is 20.3 Å². The highest BCUT2D eigenvalue weighted by Gasteiger charge is 2.09. The minimum Gasteiger partial charge on any atom is -0.399 e. The van der Waals surface area contributed by atoms with Crippen LogP contribution >= 0.6 is 0 Å². The Morgan fingerprint density at radius 3 is 2.33 bits per heavy atom. The molecule has 0 aliphatic carbocycles. The van der Waals surface area contributed by atoms with E-state index in [4.69, 9.17) is 5.73 Å². The summed E-state index contributed by atoms with van der Waals surface area (Å²) in [5.74, 6) is 0.150. The Labute approximate surface area is 107 Å². The van der Waals surface area contributed by atoms with Crippen molar-refractivity contribution in [2.75, 3.05) is 5.73 Å². The smallest absolute Gasteiger partial charge is 0.167 e. The van der Waals surface area contributed by atoms with Gasteiger partial charge in [-0.1, -0.05) is 35.9 Å². The van der Waals surface area contributed by atoms with Crippen LogP contribution in [0.3, 0.4) is 0 Å². The molecule has 0 unspecified atom stereocenters. The second-order valence-corrected chi connectivity index (χ2v) is 4.66. The summed E-state index contributed by atoms with van der Waals surface area (Å²) in [5.41, 5.74) is 10.4. The van der Waals surface area contributed by atoms with Gasteiger partial charge in [-0.2, -0.15) is 0 Å². The van der Waals surface area contributed by atoms with Gasteiger partial charge in [0, 0.05) is 17.7 Å². The molecule has 0 amide bonds. The first-order valence-electron chi connectivity index (χ1n) is 6.01. The van der Waals surface area contributed by atoms with Crippen molar-refractivity contribution in [1.82, 2.24) is 0 Å². The molecule has 0 bridgehead atoms. The van der Waals surface area contributed by atoms with Crippen molar-refractivity contribution >= 4 is 11.5 Å². The standard InChI is InChI=1S/C16H17NO/c1-11-3-8-15(12(2)9-11)16(18)10-13-4-6-14(17)7-5-13/h3-9H,10,17H2,1-2H3. The number of nitrogens with two attached hydrogens (primary N) is 1. The highest BCUT2D eigenvalue weighted by atomic mass is 16.1. The van der Waals surface area contributed by atoms with Crippen molar-refractivity contribution in [2.24, 2.45) is 0 Å². The third-order valence-electron chi connectivity index (χ3n) is 3.03. The fraction of sp³-hybridized carbons (Fsp3) is 0.188. The van der Waals surface area contributed by atoms with Crippen LogP contribution in [-0.2, 0) is 6.42 Å². The maximum Gasteiger partial charge on any atom is 0.167 e. The number of anilines is 1. The second kappa shape index (κ2) is 5.05. The molecule has 0 aliphatic rings. The summed E-state index contributed by atoms with van der Waals surface area (Å²) < 4.78 is 0. The van der Waals surface area contributed by atoms with Gasteiger partial charge in [-0.15, -0.1) is 0 Å².